The maximum Gasteiger partial charge on any atom is 0.115 e. The molecule has 2 aromatic rings. The number of aromatic hydroxyl groups is 1. The van der Waals surface area contributed by atoms with E-state index in [0.717, 1.165) is 26.1 Å². The summed E-state index contributed by atoms with van der Waals surface area (Å²) in [6.07, 6.45) is 4.84. The molecule has 0 aliphatic carbocycles. The van der Waals surface area contributed by atoms with E-state index in [4.69, 9.17) is 0 Å². The lowest BCUT2D eigenvalue weighted by Crippen LogP contribution is -2.38. The highest BCUT2D eigenvalue weighted by atomic mass is 16.3. The van der Waals surface area contributed by atoms with E-state index in [0.29, 0.717) is 5.75 Å². The minimum atomic E-state index is 0.157. The van der Waals surface area contributed by atoms with E-state index in [1.807, 2.05) is 12.1 Å². The van der Waals surface area contributed by atoms with Crippen LogP contribution in [0.25, 0.3) is 0 Å². The largest absolute Gasteiger partial charge is 0.508 e. The molecule has 2 aromatic carbocycles. The standard InChI is InChI=1S/C21H27NO/c1-2-21(19-11-8-12-20(23)15-19)13-6-7-14-22(17-21)16-18-9-4-3-5-10-18/h3-5,8-12,15,23H,2,6-7,13-14,16-17H2,1H3/t21-/m0/s1. The first-order chi connectivity index (χ1) is 11.2. The normalized spacial score (nSPS) is 22.7. The third kappa shape index (κ3) is 3.76. The lowest BCUT2D eigenvalue weighted by Gasteiger charge is -2.36. The van der Waals surface area contributed by atoms with Crippen LogP contribution in [0, 0.1) is 0 Å². The first-order valence-corrected chi connectivity index (χ1v) is 8.78. The highest BCUT2D eigenvalue weighted by Gasteiger charge is 2.34. The Morgan fingerprint density at radius 2 is 1.87 bits per heavy atom. The van der Waals surface area contributed by atoms with Gasteiger partial charge in [0.15, 0.2) is 0 Å². The van der Waals surface area contributed by atoms with E-state index in [1.165, 1.54) is 30.4 Å². The monoisotopic (exact) mass is 309 g/mol. The van der Waals surface area contributed by atoms with Crippen molar-refractivity contribution in [2.75, 3.05) is 13.1 Å². The summed E-state index contributed by atoms with van der Waals surface area (Å²) in [5, 5.41) is 9.91. The van der Waals surface area contributed by atoms with Crippen LogP contribution < -0.4 is 0 Å². The number of nitrogens with zero attached hydrogens (tertiary/aromatic N) is 1. The van der Waals surface area contributed by atoms with Crippen LogP contribution >= 0.6 is 0 Å². The van der Waals surface area contributed by atoms with Crippen molar-refractivity contribution in [1.82, 2.24) is 4.90 Å². The zero-order chi connectivity index (χ0) is 16.1. The van der Waals surface area contributed by atoms with E-state index in [-0.39, 0.29) is 5.41 Å². The van der Waals surface area contributed by atoms with Crippen molar-refractivity contribution >= 4 is 0 Å². The average Bonchev–Trinajstić information content (AvgIpc) is 2.79. The molecule has 1 saturated heterocycles. The third-order valence-electron chi connectivity index (χ3n) is 5.29. The molecule has 1 fully saturated rings. The SMILES string of the molecule is CC[C@]1(c2cccc(O)c2)CCCCN(Cc2ccccc2)C1. The first-order valence-electron chi connectivity index (χ1n) is 8.78. The lowest BCUT2D eigenvalue weighted by atomic mass is 9.74. The molecule has 0 radical (unpaired) electrons. The number of phenols is 1. The molecule has 0 aromatic heterocycles. The zero-order valence-electron chi connectivity index (χ0n) is 14.0. The molecule has 0 amide bonds. The Labute approximate surface area is 139 Å². The smallest absolute Gasteiger partial charge is 0.115 e. The molecular weight excluding hydrogens is 282 g/mol. The Bertz CT molecular complexity index is 625. The van der Waals surface area contributed by atoms with Crippen molar-refractivity contribution in [2.24, 2.45) is 0 Å². The summed E-state index contributed by atoms with van der Waals surface area (Å²) in [4.78, 5) is 2.59. The van der Waals surface area contributed by atoms with Gasteiger partial charge >= 0.3 is 0 Å². The molecule has 0 saturated carbocycles. The van der Waals surface area contributed by atoms with Crippen molar-refractivity contribution in [3.05, 3.63) is 65.7 Å². The third-order valence-corrected chi connectivity index (χ3v) is 5.29. The average molecular weight is 309 g/mol. The number of benzene rings is 2. The predicted octanol–water partition coefficient (Wildman–Crippen LogP) is 4.73. The molecule has 0 spiro atoms. The van der Waals surface area contributed by atoms with Gasteiger partial charge in [0.2, 0.25) is 0 Å². The number of likely N-dealkylation sites (tertiary alicyclic amines) is 1. The fourth-order valence-electron chi connectivity index (χ4n) is 3.93. The molecule has 1 aliphatic rings. The number of hydrogen-bond acceptors (Lipinski definition) is 2. The van der Waals surface area contributed by atoms with Gasteiger partial charge in [-0.1, -0.05) is 55.8 Å². The maximum atomic E-state index is 9.91. The van der Waals surface area contributed by atoms with Gasteiger partial charge in [0, 0.05) is 18.5 Å². The number of phenolic OH excluding ortho intramolecular Hbond substituents is 1. The Hall–Kier alpha value is -1.80. The minimum absolute atomic E-state index is 0.157. The van der Waals surface area contributed by atoms with Crippen LogP contribution in [0.4, 0.5) is 0 Å². The summed E-state index contributed by atoms with van der Waals surface area (Å²) < 4.78 is 0. The van der Waals surface area contributed by atoms with Gasteiger partial charge in [-0.15, -0.1) is 0 Å². The van der Waals surface area contributed by atoms with Gasteiger partial charge in [-0.2, -0.15) is 0 Å². The summed E-state index contributed by atoms with van der Waals surface area (Å²) in [6, 6.07) is 18.7. The number of rotatable bonds is 4. The molecule has 1 N–H and O–H groups in total. The van der Waals surface area contributed by atoms with Crippen molar-refractivity contribution < 1.29 is 5.11 Å². The summed E-state index contributed by atoms with van der Waals surface area (Å²) in [7, 11) is 0. The first kappa shape index (κ1) is 16.1. The Morgan fingerprint density at radius 1 is 1.04 bits per heavy atom. The fraction of sp³-hybridized carbons (Fsp3) is 0.429. The molecule has 0 unspecified atom stereocenters. The highest BCUT2D eigenvalue weighted by molar-refractivity contribution is 5.34. The van der Waals surface area contributed by atoms with E-state index >= 15 is 0 Å². The van der Waals surface area contributed by atoms with Gasteiger partial charge < -0.3 is 5.11 Å². The van der Waals surface area contributed by atoms with Crippen LogP contribution in [0.2, 0.25) is 0 Å². The van der Waals surface area contributed by atoms with E-state index in [9.17, 15) is 5.11 Å². The molecular formula is C21H27NO. The second-order valence-electron chi connectivity index (χ2n) is 6.84. The van der Waals surface area contributed by atoms with Gasteiger partial charge in [0.05, 0.1) is 0 Å². The quantitative estimate of drug-likeness (QED) is 0.883. The maximum absolute atomic E-state index is 9.91. The topological polar surface area (TPSA) is 23.5 Å². The summed E-state index contributed by atoms with van der Waals surface area (Å²) >= 11 is 0. The predicted molar refractivity (Wildman–Crippen MR) is 95.6 cm³/mol. The van der Waals surface area contributed by atoms with Gasteiger partial charge in [-0.25, -0.2) is 0 Å². The van der Waals surface area contributed by atoms with Crippen LogP contribution in [-0.2, 0) is 12.0 Å². The summed E-state index contributed by atoms with van der Waals surface area (Å²) in [6.45, 7) is 5.54. The summed E-state index contributed by atoms with van der Waals surface area (Å²) in [5.74, 6) is 0.384. The Kier molecular flexibility index (Phi) is 5.02. The molecule has 23 heavy (non-hydrogen) atoms. The molecule has 3 rings (SSSR count). The van der Waals surface area contributed by atoms with Crippen LogP contribution in [0.1, 0.15) is 43.7 Å². The van der Waals surface area contributed by atoms with Crippen LogP contribution in [0.15, 0.2) is 54.6 Å². The zero-order valence-corrected chi connectivity index (χ0v) is 14.0. The molecule has 2 nitrogen and oxygen atoms in total. The van der Waals surface area contributed by atoms with Gasteiger partial charge in [0.25, 0.3) is 0 Å². The molecule has 1 heterocycles. The van der Waals surface area contributed by atoms with E-state index in [1.54, 1.807) is 6.07 Å². The summed E-state index contributed by atoms with van der Waals surface area (Å²) in [5.41, 5.74) is 2.83. The van der Waals surface area contributed by atoms with Gasteiger partial charge in [-0.05, 0) is 49.1 Å². The van der Waals surface area contributed by atoms with E-state index < -0.39 is 0 Å². The lowest BCUT2D eigenvalue weighted by molar-refractivity contribution is 0.211. The van der Waals surface area contributed by atoms with Crippen LogP contribution in [-0.4, -0.2) is 23.1 Å². The van der Waals surface area contributed by atoms with Crippen molar-refractivity contribution in [3.8, 4) is 5.75 Å². The Morgan fingerprint density at radius 3 is 2.61 bits per heavy atom. The molecule has 2 heteroatoms. The van der Waals surface area contributed by atoms with Gasteiger partial charge in [-0.3, -0.25) is 4.90 Å². The minimum Gasteiger partial charge on any atom is -0.508 e. The highest BCUT2D eigenvalue weighted by Crippen LogP contribution is 2.38. The number of hydrogen-bond donors (Lipinski definition) is 1. The van der Waals surface area contributed by atoms with Crippen molar-refractivity contribution in [3.63, 3.8) is 0 Å². The van der Waals surface area contributed by atoms with Crippen LogP contribution in [0.5, 0.6) is 5.75 Å². The molecule has 0 bridgehead atoms. The molecule has 122 valence electrons. The molecule has 1 atom stereocenters. The van der Waals surface area contributed by atoms with Crippen molar-refractivity contribution in [2.45, 2.75) is 44.6 Å². The Balaban J connectivity index is 1.84. The van der Waals surface area contributed by atoms with Crippen molar-refractivity contribution in [1.29, 1.82) is 0 Å². The van der Waals surface area contributed by atoms with Gasteiger partial charge in [0.1, 0.15) is 5.75 Å². The van der Waals surface area contributed by atoms with Crippen LogP contribution in [0.3, 0.4) is 0 Å². The van der Waals surface area contributed by atoms with E-state index in [2.05, 4.69) is 48.2 Å². The molecule has 1 aliphatic heterocycles. The second-order valence-corrected chi connectivity index (χ2v) is 6.84. The fourth-order valence-corrected chi connectivity index (χ4v) is 3.93. The second kappa shape index (κ2) is 7.18.